The molecule has 1 amide bonds. The zero-order valence-corrected chi connectivity index (χ0v) is 21.5. The summed E-state index contributed by atoms with van der Waals surface area (Å²) in [6.07, 6.45) is 7.12. The lowest BCUT2D eigenvalue weighted by atomic mass is 9.90. The molecule has 0 spiro atoms. The van der Waals surface area contributed by atoms with Gasteiger partial charge in [-0.1, -0.05) is 23.7 Å². The maximum absolute atomic E-state index is 12.5. The Labute approximate surface area is 216 Å². The van der Waals surface area contributed by atoms with Gasteiger partial charge in [-0.15, -0.1) is 0 Å². The van der Waals surface area contributed by atoms with Crippen LogP contribution in [0.4, 0.5) is 4.79 Å². The number of carbonyl (C=O) groups is 1. The predicted molar refractivity (Wildman–Crippen MR) is 140 cm³/mol. The van der Waals surface area contributed by atoms with E-state index < -0.39 is 6.04 Å². The third-order valence-corrected chi connectivity index (χ3v) is 7.08. The number of fused-ring (bicyclic) bond motifs is 2. The van der Waals surface area contributed by atoms with Gasteiger partial charge in [0.1, 0.15) is 0 Å². The van der Waals surface area contributed by atoms with E-state index in [1.54, 1.807) is 17.4 Å². The number of pyridine rings is 1. The van der Waals surface area contributed by atoms with E-state index in [0.29, 0.717) is 31.2 Å². The number of amides is 1. The number of aryl methyl sites for hydroxylation is 1. The van der Waals surface area contributed by atoms with Gasteiger partial charge in [-0.2, -0.15) is 0 Å². The molecule has 3 heterocycles. The quantitative estimate of drug-likeness (QED) is 0.568. The number of piperazine rings is 1. The zero-order valence-electron chi connectivity index (χ0n) is 20.8. The fourth-order valence-corrected chi connectivity index (χ4v) is 5.25. The third kappa shape index (κ3) is 4.64. The van der Waals surface area contributed by atoms with Crippen LogP contribution in [0.15, 0.2) is 49.1 Å². The van der Waals surface area contributed by atoms with Crippen molar-refractivity contribution in [2.45, 2.75) is 32.0 Å². The van der Waals surface area contributed by atoms with Gasteiger partial charge in [-0.05, 0) is 60.4 Å². The summed E-state index contributed by atoms with van der Waals surface area (Å²) in [5, 5.41) is 0.649. The maximum atomic E-state index is 12.5. The molecular weight excluding hydrogens is 476 g/mol. The molecule has 0 bridgehead atoms. The van der Waals surface area contributed by atoms with Crippen LogP contribution in [0.25, 0.3) is 11.6 Å². The number of nitrogens with two attached hydrogens (primary N) is 1. The molecule has 1 aromatic carbocycles. The van der Waals surface area contributed by atoms with Crippen LogP contribution in [-0.2, 0) is 11.8 Å². The van der Waals surface area contributed by atoms with Gasteiger partial charge >= 0.3 is 6.09 Å². The van der Waals surface area contributed by atoms with E-state index in [1.165, 1.54) is 0 Å². The first-order valence-electron chi connectivity index (χ1n) is 12.2. The summed E-state index contributed by atoms with van der Waals surface area (Å²) >= 11 is 6.52. The number of hydrogen-bond donors (Lipinski definition) is 1. The normalized spacial score (nSPS) is 18.8. The second-order valence-electron chi connectivity index (χ2n) is 9.57. The Hall–Kier alpha value is -3.20. The first-order valence-corrected chi connectivity index (χ1v) is 12.6. The molecule has 2 aromatic heterocycles. The van der Waals surface area contributed by atoms with Crippen LogP contribution >= 0.6 is 11.6 Å². The van der Waals surface area contributed by atoms with Gasteiger partial charge in [0.05, 0.1) is 42.1 Å². The molecule has 2 atom stereocenters. The highest BCUT2D eigenvalue weighted by atomic mass is 35.5. The van der Waals surface area contributed by atoms with Crippen LogP contribution in [0, 0.1) is 0 Å². The maximum Gasteiger partial charge on any atom is 0.410 e. The van der Waals surface area contributed by atoms with E-state index in [1.807, 2.05) is 49.9 Å². The van der Waals surface area contributed by atoms with Gasteiger partial charge in [0.15, 0.2) is 0 Å². The number of benzene rings is 1. The van der Waals surface area contributed by atoms with Crippen LogP contribution in [0.3, 0.4) is 0 Å². The number of ether oxygens (including phenoxy) is 1. The summed E-state index contributed by atoms with van der Waals surface area (Å²) in [5.41, 5.74) is 12.8. The Bertz CT molecular complexity index is 1290. The first-order chi connectivity index (χ1) is 17.3. The highest BCUT2D eigenvalue weighted by molar-refractivity contribution is 6.30. The number of hydrogen-bond acceptors (Lipinski definition) is 6. The summed E-state index contributed by atoms with van der Waals surface area (Å²) in [5.74, 6) is 0. The van der Waals surface area contributed by atoms with Crippen molar-refractivity contribution in [3.05, 3.63) is 82.2 Å². The van der Waals surface area contributed by atoms with Crippen molar-refractivity contribution in [1.29, 1.82) is 0 Å². The van der Waals surface area contributed by atoms with Gasteiger partial charge in [-0.25, -0.2) is 9.78 Å². The second-order valence-corrected chi connectivity index (χ2v) is 10.0. The fourth-order valence-electron chi connectivity index (χ4n) is 5.08. The van der Waals surface area contributed by atoms with Crippen molar-refractivity contribution in [2.75, 3.05) is 26.2 Å². The molecule has 1 aliphatic carbocycles. The molecular formula is C27H31ClN6O2. The predicted octanol–water partition coefficient (Wildman–Crippen LogP) is 4.27. The SMILES string of the molecule is CC(C)OC(=O)N1CCN([C@H]2c3ccc(Cl)cc3C(C(N)c3cncn3C)=Cc3cccnc32)CC1. The lowest BCUT2D eigenvalue weighted by Crippen LogP contribution is -2.50. The number of carbonyl (C=O) groups excluding carboxylic acids is 1. The zero-order chi connectivity index (χ0) is 25.4. The molecule has 36 heavy (non-hydrogen) atoms. The molecule has 1 aliphatic heterocycles. The van der Waals surface area contributed by atoms with Crippen molar-refractivity contribution in [3.63, 3.8) is 0 Å². The minimum Gasteiger partial charge on any atom is -0.447 e. The minimum atomic E-state index is -0.399. The number of aromatic nitrogens is 3. The van der Waals surface area contributed by atoms with Crippen molar-refractivity contribution in [3.8, 4) is 0 Å². The molecule has 2 N–H and O–H groups in total. The Morgan fingerprint density at radius 1 is 1.19 bits per heavy atom. The topological polar surface area (TPSA) is 89.5 Å². The van der Waals surface area contributed by atoms with Crippen molar-refractivity contribution in [2.24, 2.45) is 12.8 Å². The van der Waals surface area contributed by atoms with Crippen LogP contribution in [0.5, 0.6) is 0 Å². The van der Waals surface area contributed by atoms with Crippen LogP contribution in [0.2, 0.25) is 5.02 Å². The first kappa shape index (κ1) is 24.5. The van der Waals surface area contributed by atoms with E-state index in [9.17, 15) is 4.79 Å². The third-order valence-electron chi connectivity index (χ3n) is 6.84. The number of imidazole rings is 1. The molecule has 1 saturated heterocycles. The largest absolute Gasteiger partial charge is 0.447 e. The molecule has 1 unspecified atom stereocenters. The second kappa shape index (κ2) is 10.0. The smallest absolute Gasteiger partial charge is 0.410 e. The standard InChI is InChI=1S/C27H31ClN6O2/c1-17(2)36-27(35)34-11-9-33(10-12-34)26-20-7-6-19(28)14-21(20)22(13-18-5-4-8-31-25(18)26)24(29)23-15-30-16-32(23)3/h4-8,13-17,24,26H,9-12,29H2,1-3H3/t24?,26-/m0/s1. The highest BCUT2D eigenvalue weighted by Gasteiger charge is 2.35. The van der Waals surface area contributed by atoms with Crippen molar-refractivity contribution in [1.82, 2.24) is 24.3 Å². The molecule has 3 aromatic rings. The van der Waals surface area contributed by atoms with Gasteiger partial charge in [-0.3, -0.25) is 9.88 Å². The molecule has 0 saturated carbocycles. The Morgan fingerprint density at radius 2 is 1.97 bits per heavy atom. The van der Waals surface area contributed by atoms with E-state index in [-0.39, 0.29) is 18.2 Å². The summed E-state index contributed by atoms with van der Waals surface area (Å²) in [6, 6.07) is 9.51. The van der Waals surface area contributed by atoms with E-state index >= 15 is 0 Å². The van der Waals surface area contributed by atoms with Crippen LogP contribution in [0.1, 0.15) is 54.0 Å². The summed E-state index contributed by atoms with van der Waals surface area (Å²) < 4.78 is 7.36. The lowest BCUT2D eigenvalue weighted by Gasteiger charge is -2.39. The Balaban J connectivity index is 1.55. The van der Waals surface area contributed by atoms with Gasteiger partial charge in [0, 0.05) is 44.4 Å². The summed E-state index contributed by atoms with van der Waals surface area (Å²) in [6.45, 7) is 6.29. The van der Waals surface area contributed by atoms with Gasteiger partial charge in [0.25, 0.3) is 0 Å². The molecule has 5 rings (SSSR count). The van der Waals surface area contributed by atoms with Crippen LogP contribution in [-0.4, -0.2) is 62.7 Å². The van der Waals surface area contributed by atoms with Crippen LogP contribution < -0.4 is 5.73 Å². The summed E-state index contributed by atoms with van der Waals surface area (Å²) in [7, 11) is 1.94. The monoisotopic (exact) mass is 506 g/mol. The fraction of sp³-hybridized carbons (Fsp3) is 0.370. The molecule has 0 radical (unpaired) electrons. The molecule has 2 aliphatic rings. The average molecular weight is 507 g/mol. The van der Waals surface area contributed by atoms with Crippen molar-refractivity contribution >= 4 is 29.3 Å². The van der Waals surface area contributed by atoms with Gasteiger partial charge in [0.2, 0.25) is 0 Å². The number of rotatable bonds is 4. The van der Waals surface area contributed by atoms with E-state index in [4.69, 9.17) is 27.1 Å². The van der Waals surface area contributed by atoms with E-state index in [0.717, 1.165) is 33.7 Å². The van der Waals surface area contributed by atoms with Gasteiger partial charge < -0.3 is 19.9 Å². The molecule has 8 nitrogen and oxygen atoms in total. The highest BCUT2D eigenvalue weighted by Crippen LogP contribution is 2.43. The van der Waals surface area contributed by atoms with Crippen molar-refractivity contribution < 1.29 is 9.53 Å². The van der Waals surface area contributed by atoms with E-state index in [2.05, 4.69) is 28.1 Å². The lowest BCUT2D eigenvalue weighted by molar-refractivity contribution is 0.0513. The number of halogens is 1. The number of nitrogens with zero attached hydrogens (tertiary/aromatic N) is 5. The minimum absolute atomic E-state index is 0.107. The molecule has 9 heteroatoms. The summed E-state index contributed by atoms with van der Waals surface area (Å²) in [4.78, 5) is 25.7. The molecule has 188 valence electrons. The Kier molecular flexibility index (Phi) is 6.83. The Morgan fingerprint density at radius 3 is 2.67 bits per heavy atom. The molecule has 1 fully saturated rings. The average Bonchev–Trinajstić information content (AvgIpc) is 3.23.